The van der Waals surface area contributed by atoms with Crippen molar-refractivity contribution in [2.45, 2.75) is 85.2 Å². The summed E-state index contributed by atoms with van der Waals surface area (Å²) in [5.41, 5.74) is -0.265. The molecule has 0 heterocycles. The van der Waals surface area contributed by atoms with Crippen molar-refractivity contribution in [3.05, 3.63) is 0 Å². The van der Waals surface area contributed by atoms with Gasteiger partial charge >= 0.3 is 0 Å². The van der Waals surface area contributed by atoms with E-state index >= 15 is 0 Å². The van der Waals surface area contributed by atoms with Gasteiger partial charge in [0.05, 0.1) is 12.7 Å². The zero-order valence-corrected chi connectivity index (χ0v) is 12.9. The third kappa shape index (κ3) is 5.71. The van der Waals surface area contributed by atoms with Crippen LogP contribution >= 0.6 is 0 Å². The molecule has 0 saturated heterocycles. The molecule has 1 unspecified atom stereocenters. The van der Waals surface area contributed by atoms with Crippen LogP contribution in [0.25, 0.3) is 0 Å². The monoisotopic (exact) mass is 258 g/mol. The first-order chi connectivity index (χ1) is 8.54. The third-order valence-electron chi connectivity index (χ3n) is 4.13. The minimum Gasteiger partial charge on any atom is -0.396 e. The molecule has 2 N–H and O–H groups in total. The molecule has 0 rings (SSSR count). The van der Waals surface area contributed by atoms with Gasteiger partial charge in [-0.15, -0.1) is 0 Å². The quantitative estimate of drug-likeness (QED) is 0.547. The second kappa shape index (κ2) is 9.80. The van der Waals surface area contributed by atoms with Gasteiger partial charge in [0.15, 0.2) is 0 Å². The van der Waals surface area contributed by atoms with Crippen molar-refractivity contribution in [2.75, 3.05) is 6.61 Å². The minimum absolute atomic E-state index is 0.125. The van der Waals surface area contributed by atoms with Crippen LogP contribution in [0.3, 0.4) is 0 Å². The average Bonchev–Trinajstić information content (AvgIpc) is 2.36. The van der Waals surface area contributed by atoms with Gasteiger partial charge < -0.3 is 10.2 Å². The molecule has 0 aromatic rings. The second-order valence-corrected chi connectivity index (χ2v) is 6.12. The Bertz CT molecular complexity index is 180. The van der Waals surface area contributed by atoms with Crippen LogP contribution in [0.15, 0.2) is 0 Å². The Labute approximate surface area is 114 Å². The van der Waals surface area contributed by atoms with Crippen molar-refractivity contribution in [3.8, 4) is 0 Å². The lowest BCUT2D eigenvalue weighted by Crippen LogP contribution is -2.42. The summed E-state index contributed by atoms with van der Waals surface area (Å²) in [6.07, 6.45) is 8.54. The van der Waals surface area contributed by atoms with Crippen LogP contribution in [-0.2, 0) is 0 Å². The highest BCUT2D eigenvalue weighted by molar-refractivity contribution is 4.87. The SMILES string of the molecule is CCCCCC(CO)(CCCCC)C(O)C(C)C. The molecule has 110 valence electrons. The van der Waals surface area contributed by atoms with Crippen molar-refractivity contribution in [3.63, 3.8) is 0 Å². The van der Waals surface area contributed by atoms with Gasteiger partial charge in [0.1, 0.15) is 0 Å². The lowest BCUT2D eigenvalue weighted by molar-refractivity contribution is -0.0570. The maximum absolute atomic E-state index is 10.5. The molecule has 0 amide bonds. The summed E-state index contributed by atoms with van der Waals surface area (Å²) in [6, 6.07) is 0. The van der Waals surface area contributed by atoms with E-state index in [0.29, 0.717) is 0 Å². The van der Waals surface area contributed by atoms with E-state index in [4.69, 9.17) is 0 Å². The van der Waals surface area contributed by atoms with E-state index in [2.05, 4.69) is 27.7 Å². The fourth-order valence-corrected chi connectivity index (χ4v) is 2.83. The molecule has 0 radical (unpaired) electrons. The van der Waals surface area contributed by atoms with Crippen molar-refractivity contribution in [2.24, 2.45) is 11.3 Å². The maximum atomic E-state index is 10.5. The first-order valence-corrected chi connectivity index (χ1v) is 7.83. The highest BCUT2D eigenvalue weighted by Crippen LogP contribution is 2.37. The number of aliphatic hydroxyl groups excluding tert-OH is 2. The molecule has 0 aromatic heterocycles. The van der Waals surface area contributed by atoms with Gasteiger partial charge in [0, 0.05) is 5.41 Å². The topological polar surface area (TPSA) is 40.5 Å². The second-order valence-electron chi connectivity index (χ2n) is 6.12. The van der Waals surface area contributed by atoms with Crippen molar-refractivity contribution >= 4 is 0 Å². The van der Waals surface area contributed by atoms with Crippen molar-refractivity contribution < 1.29 is 10.2 Å². The van der Waals surface area contributed by atoms with Gasteiger partial charge in [-0.3, -0.25) is 0 Å². The minimum atomic E-state index is -0.379. The predicted molar refractivity (Wildman–Crippen MR) is 78.6 cm³/mol. The van der Waals surface area contributed by atoms with Crippen LogP contribution in [-0.4, -0.2) is 22.9 Å². The third-order valence-corrected chi connectivity index (χ3v) is 4.13. The van der Waals surface area contributed by atoms with Crippen molar-refractivity contribution in [1.82, 2.24) is 0 Å². The molecule has 18 heavy (non-hydrogen) atoms. The van der Waals surface area contributed by atoms with Gasteiger partial charge in [-0.2, -0.15) is 0 Å². The Hall–Kier alpha value is -0.0800. The van der Waals surface area contributed by atoms with Crippen LogP contribution in [0.5, 0.6) is 0 Å². The molecular weight excluding hydrogens is 224 g/mol. The molecule has 1 atom stereocenters. The van der Waals surface area contributed by atoms with Crippen LogP contribution < -0.4 is 0 Å². The summed E-state index contributed by atoms with van der Waals surface area (Å²) in [4.78, 5) is 0. The van der Waals surface area contributed by atoms with Crippen LogP contribution in [0.4, 0.5) is 0 Å². The Morgan fingerprint density at radius 2 is 1.33 bits per heavy atom. The van der Waals surface area contributed by atoms with Crippen LogP contribution in [0.2, 0.25) is 0 Å². The summed E-state index contributed by atoms with van der Waals surface area (Å²) < 4.78 is 0. The smallest absolute Gasteiger partial charge is 0.0641 e. The van der Waals surface area contributed by atoms with Crippen LogP contribution in [0, 0.1) is 11.3 Å². The molecule has 2 heteroatoms. The molecule has 0 aliphatic rings. The predicted octanol–water partition coefficient (Wildman–Crippen LogP) is 4.14. The molecule has 0 aliphatic carbocycles. The first-order valence-electron chi connectivity index (χ1n) is 7.83. The van der Waals surface area contributed by atoms with Crippen LogP contribution in [0.1, 0.15) is 79.1 Å². The summed E-state index contributed by atoms with van der Waals surface area (Å²) in [5, 5.41) is 20.3. The Kier molecular flexibility index (Phi) is 9.76. The van der Waals surface area contributed by atoms with Crippen molar-refractivity contribution in [1.29, 1.82) is 0 Å². The van der Waals surface area contributed by atoms with E-state index in [-0.39, 0.29) is 24.0 Å². The highest BCUT2D eigenvalue weighted by atomic mass is 16.3. The molecule has 0 spiro atoms. The average molecular weight is 258 g/mol. The van der Waals surface area contributed by atoms with E-state index in [1.54, 1.807) is 0 Å². The normalized spacial score (nSPS) is 14.2. The molecule has 2 nitrogen and oxygen atoms in total. The molecule has 0 aliphatic heterocycles. The lowest BCUT2D eigenvalue weighted by atomic mass is 9.71. The molecule has 0 saturated carbocycles. The van der Waals surface area contributed by atoms with E-state index in [9.17, 15) is 10.2 Å². The molecule has 0 fully saturated rings. The number of unbranched alkanes of at least 4 members (excludes halogenated alkanes) is 4. The number of aliphatic hydroxyl groups is 2. The summed E-state index contributed by atoms with van der Waals surface area (Å²) >= 11 is 0. The first kappa shape index (κ1) is 17.9. The summed E-state index contributed by atoms with van der Waals surface area (Å²) in [6.45, 7) is 8.61. The number of hydrogen-bond acceptors (Lipinski definition) is 2. The van der Waals surface area contributed by atoms with Gasteiger partial charge in [-0.1, -0.05) is 66.2 Å². The van der Waals surface area contributed by atoms with Gasteiger partial charge in [0.25, 0.3) is 0 Å². The van der Waals surface area contributed by atoms with Gasteiger partial charge in [-0.25, -0.2) is 0 Å². The number of hydrogen-bond donors (Lipinski definition) is 2. The molecule has 0 bridgehead atoms. The van der Waals surface area contributed by atoms with E-state index < -0.39 is 0 Å². The zero-order chi connectivity index (χ0) is 14.0. The lowest BCUT2D eigenvalue weighted by Gasteiger charge is -2.39. The van der Waals surface area contributed by atoms with Gasteiger partial charge in [-0.05, 0) is 18.8 Å². The Balaban J connectivity index is 4.60. The maximum Gasteiger partial charge on any atom is 0.0641 e. The standard InChI is InChI=1S/C16H34O2/c1-5-7-9-11-16(13-17,12-10-8-6-2)15(18)14(3)4/h14-15,17-18H,5-13H2,1-4H3. The van der Waals surface area contributed by atoms with E-state index in [1.165, 1.54) is 25.7 Å². The van der Waals surface area contributed by atoms with Gasteiger partial charge in [0.2, 0.25) is 0 Å². The Morgan fingerprint density at radius 1 is 0.889 bits per heavy atom. The Morgan fingerprint density at radius 3 is 1.61 bits per heavy atom. The highest BCUT2D eigenvalue weighted by Gasteiger charge is 2.37. The fourth-order valence-electron chi connectivity index (χ4n) is 2.83. The largest absolute Gasteiger partial charge is 0.396 e. The van der Waals surface area contributed by atoms with E-state index in [1.807, 2.05) is 0 Å². The molecular formula is C16H34O2. The fraction of sp³-hybridized carbons (Fsp3) is 1.00. The number of rotatable bonds is 11. The summed E-state index contributed by atoms with van der Waals surface area (Å²) in [5.74, 6) is 0.223. The zero-order valence-electron chi connectivity index (χ0n) is 12.9. The summed E-state index contributed by atoms with van der Waals surface area (Å²) in [7, 11) is 0. The van der Waals surface area contributed by atoms with E-state index in [0.717, 1.165) is 25.7 Å². The molecule has 0 aromatic carbocycles.